The molecule has 0 N–H and O–H groups in total. The fourth-order valence-corrected chi connectivity index (χ4v) is 0.169. The van der Waals surface area contributed by atoms with Crippen molar-refractivity contribution in [1.82, 2.24) is 25.7 Å². The van der Waals surface area contributed by atoms with E-state index in [0.29, 0.717) is 0 Å². The van der Waals surface area contributed by atoms with Crippen molar-refractivity contribution >= 4 is 0 Å². The Morgan fingerprint density at radius 1 is 1.14 bits per heavy atom. The Labute approximate surface area is 51.9 Å². The molecule has 5 nitrogen and oxygen atoms in total. The first-order valence-electron chi connectivity index (χ1n) is 1.45. The Bertz CT molecular complexity index is 112. The Hall–Kier alpha value is -0.416. The van der Waals surface area contributed by atoms with Gasteiger partial charge in [0, 0.05) is 18.6 Å². The summed E-state index contributed by atoms with van der Waals surface area (Å²) < 4.78 is 0. The predicted octanol–water partition coefficient (Wildman–Crippen LogP) is -1.40. The van der Waals surface area contributed by atoms with Crippen LogP contribution >= 0.6 is 0 Å². The van der Waals surface area contributed by atoms with E-state index in [2.05, 4.69) is 20.9 Å². The van der Waals surface area contributed by atoms with Crippen LogP contribution in [0.3, 0.4) is 0 Å². The molecule has 0 unspecified atom stereocenters. The molecule has 1 aromatic rings. The van der Waals surface area contributed by atoms with Crippen molar-refractivity contribution in [1.29, 1.82) is 0 Å². The van der Waals surface area contributed by atoms with Gasteiger partial charge in [-0.05, 0) is 20.9 Å². The third kappa shape index (κ3) is 1.65. The van der Waals surface area contributed by atoms with Crippen molar-refractivity contribution in [3.63, 3.8) is 0 Å². The van der Waals surface area contributed by atoms with Crippen LogP contribution in [0.25, 0.3) is 0 Å². The molecule has 0 saturated carbocycles. The second-order valence-corrected chi connectivity index (χ2v) is 0.847. The van der Waals surface area contributed by atoms with Gasteiger partial charge in [-0.15, -0.1) is 4.80 Å². The van der Waals surface area contributed by atoms with E-state index in [4.69, 9.17) is 0 Å². The molecule has 0 atom stereocenters. The summed E-state index contributed by atoms with van der Waals surface area (Å²) in [6, 6.07) is 0. The van der Waals surface area contributed by atoms with Gasteiger partial charge in [-0.2, -0.15) is 0 Å². The molecule has 0 spiro atoms. The van der Waals surface area contributed by atoms with E-state index >= 15 is 0 Å². The molecular weight excluding hydrogens is 133 g/mol. The summed E-state index contributed by atoms with van der Waals surface area (Å²) in [5, 5.41) is 13.1. The molecule has 0 aliphatic rings. The number of aryl methyl sites for hydroxylation is 1. The fourth-order valence-electron chi connectivity index (χ4n) is 0.169. The van der Waals surface area contributed by atoms with Gasteiger partial charge < -0.3 is 0 Å². The van der Waals surface area contributed by atoms with E-state index in [0.717, 1.165) is 0 Å². The molecule has 0 amide bonds. The van der Waals surface area contributed by atoms with Gasteiger partial charge in [0.05, 0.1) is 7.05 Å². The van der Waals surface area contributed by atoms with Crippen LogP contribution in [0.4, 0.5) is 0 Å². The monoisotopic (exact) mass is 136 g/mol. The Morgan fingerprint density at radius 2 is 1.57 bits per heavy atom. The Morgan fingerprint density at radius 3 is 1.71 bits per heavy atom. The van der Waals surface area contributed by atoms with E-state index in [1.165, 1.54) is 4.80 Å². The normalized spacial score (nSPS) is 7.57. The van der Waals surface area contributed by atoms with Crippen LogP contribution in [0, 0.1) is 0 Å². The fraction of sp³-hybridized carbons (Fsp3) is 1.00. The number of rotatable bonds is 0. The summed E-state index contributed by atoms with van der Waals surface area (Å²) >= 11 is 0. The molecule has 0 fully saturated rings. The average Bonchev–Trinajstić information content (AvgIpc) is 1.86. The topological polar surface area (TPSA) is 56.5 Å². The molecule has 1 heterocycles. The summed E-state index contributed by atoms with van der Waals surface area (Å²) in [5.41, 5.74) is 0. The Balaban J connectivity index is 0.000000360. The van der Waals surface area contributed by atoms with Crippen molar-refractivity contribution in [2.45, 2.75) is 0 Å². The quantitative estimate of drug-likeness (QED) is 0.440. The van der Waals surface area contributed by atoms with Gasteiger partial charge in [0.15, 0.2) is 0 Å². The van der Waals surface area contributed by atoms with E-state index in [1.807, 2.05) is 0 Å². The molecule has 7 heavy (non-hydrogen) atoms. The van der Waals surface area contributed by atoms with Gasteiger partial charge >= 0.3 is 0 Å². The minimum absolute atomic E-state index is 0. The smallest absolute Gasteiger partial charge is 0.0532 e. The summed E-state index contributed by atoms with van der Waals surface area (Å²) in [5.74, 6) is 0. The average molecular weight is 136 g/mol. The number of aromatic nitrogens is 5. The van der Waals surface area contributed by atoms with Crippen LogP contribution in [0.5, 0.6) is 0 Å². The summed E-state index contributed by atoms with van der Waals surface area (Å²) in [7, 11) is 1.65. The first kappa shape index (κ1) is 6.58. The third-order valence-corrected chi connectivity index (χ3v) is 0.379. The van der Waals surface area contributed by atoms with Gasteiger partial charge in [0.25, 0.3) is 0 Å². The molecule has 37 valence electrons. The maximum absolute atomic E-state index is 3.36. The van der Waals surface area contributed by atoms with Crippen LogP contribution in [0.1, 0.15) is 0 Å². The molecule has 0 saturated heterocycles. The zero-order valence-corrected chi connectivity index (χ0v) is 5.08. The van der Waals surface area contributed by atoms with E-state index < -0.39 is 0 Å². The van der Waals surface area contributed by atoms with Crippen LogP contribution < -0.4 is 0 Å². The molecule has 1 aromatic heterocycles. The van der Waals surface area contributed by atoms with E-state index in [-0.39, 0.29) is 18.6 Å². The second-order valence-electron chi connectivity index (χ2n) is 0.847. The van der Waals surface area contributed by atoms with Gasteiger partial charge in [-0.25, -0.2) is 0 Å². The SMILES string of the molecule is Cn1nnnn1.[V]. The van der Waals surface area contributed by atoms with Crippen molar-refractivity contribution in [2.24, 2.45) is 7.05 Å². The van der Waals surface area contributed by atoms with E-state index in [1.54, 1.807) is 7.05 Å². The largest absolute Gasteiger partial charge is 0.147 e. The van der Waals surface area contributed by atoms with Crippen LogP contribution in [0.15, 0.2) is 0 Å². The molecule has 0 aliphatic carbocycles. The van der Waals surface area contributed by atoms with Gasteiger partial charge in [-0.3, -0.25) is 0 Å². The van der Waals surface area contributed by atoms with E-state index in [9.17, 15) is 0 Å². The van der Waals surface area contributed by atoms with Crippen molar-refractivity contribution in [3.05, 3.63) is 0 Å². The predicted molar refractivity (Wildman–Crippen MR) is 16.6 cm³/mol. The minimum Gasteiger partial charge on any atom is -0.147 e. The van der Waals surface area contributed by atoms with Gasteiger partial charge in [0.1, 0.15) is 0 Å². The molecule has 1 rings (SSSR count). The third-order valence-electron chi connectivity index (χ3n) is 0.379. The maximum Gasteiger partial charge on any atom is 0.0532 e. The molecular formula is CH3N5V. The summed E-state index contributed by atoms with van der Waals surface area (Å²) in [6.45, 7) is 0. The zero-order chi connectivity index (χ0) is 4.41. The standard InChI is InChI=1S/CH3N5.V/c1-6-4-2-3-5-6;/h1H3;. The molecule has 0 aromatic carbocycles. The first-order valence-corrected chi connectivity index (χ1v) is 1.45. The van der Waals surface area contributed by atoms with Crippen molar-refractivity contribution < 1.29 is 18.6 Å². The Kier molecular flexibility index (Phi) is 2.55. The van der Waals surface area contributed by atoms with Crippen LogP contribution in [-0.2, 0) is 25.6 Å². The molecule has 6 heteroatoms. The van der Waals surface area contributed by atoms with Crippen LogP contribution in [0.2, 0.25) is 0 Å². The maximum atomic E-state index is 3.36. The van der Waals surface area contributed by atoms with Gasteiger partial charge in [-0.1, -0.05) is 0 Å². The molecule has 0 aliphatic heterocycles. The molecule has 0 bridgehead atoms. The van der Waals surface area contributed by atoms with Crippen molar-refractivity contribution in [3.8, 4) is 0 Å². The zero-order valence-electron chi connectivity index (χ0n) is 3.68. The van der Waals surface area contributed by atoms with Crippen LogP contribution in [-0.4, -0.2) is 25.7 Å². The number of hydrogen-bond donors (Lipinski definition) is 0. The summed E-state index contributed by atoms with van der Waals surface area (Å²) in [4.78, 5) is 1.28. The number of nitrogens with zero attached hydrogens (tertiary/aromatic N) is 5. The first-order chi connectivity index (χ1) is 2.89. The second kappa shape index (κ2) is 2.71. The van der Waals surface area contributed by atoms with Gasteiger partial charge in [0.2, 0.25) is 0 Å². The molecule has 1 radical (unpaired) electrons. The van der Waals surface area contributed by atoms with Crippen molar-refractivity contribution in [2.75, 3.05) is 0 Å². The number of hydrogen-bond acceptors (Lipinski definition) is 4. The summed E-state index contributed by atoms with van der Waals surface area (Å²) in [6.07, 6.45) is 0. The minimum atomic E-state index is 0.